The predicted octanol–water partition coefficient (Wildman–Crippen LogP) is 5.18. The van der Waals surface area contributed by atoms with Crippen molar-refractivity contribution in [3.05, 3.63) is 69.2 Å². The molecule has 0 radical (unpaired) electrons. The summed E-state index contributed by atoms with van der Waals surface area (Å²) in [6.07, 6.45) is 0.0922. The Balaban J connectivity index is 2.29. The molecule has 0 spiro atoms. The molecule has 1 atom stereocenters. The van der Waals surface area contributed by atoms with Crippen molar-refractivity contribution in [3.63, 3.8) is 0 Å². The highest BCUT2D eigenvalue weighted by Gasteiger charge is 2.28. The van der Waals surface area contributed by atoms with E-state index in [0.717, 1.165) is 11.1 Å². The fraction of sp³-hybridized carbons (Fsp3) is 0.391. The van der Waals surface area contributed by atoms with Crippen LogP contribution >= 0.6 is 23.2 Å². The second kappa shape index (κ2) is 9.64. The standard InChI is InChI=1S/C23H28Cl2N2O2/c1-15-7-6-8-17(11-15)14-27(16(2)22(29)26-23(3,4)5)21(28)12-18-9-10-19(24)13-20(18)25/h6-11,13,16H,12,14H2,1-5H3,(H,26,29). The van der Waals surface area contributed by atoms with E-state index in [1.54, 1.807) is 30.0 Å². The van der Waals surface area contributed by atoms with Gasteiger partial charge in [0.1, 0.15) is 6.04 Å². The first-order valence-corrected chi connectivity index (χ1v) is 10.3. The van der Waals surface area contributed by atoms with Crippen molar-refractivity contribution in [1.29, 1.82) is 0 Å². The second-order valence-electron chi connectivity index (χ2n) is 8.34. The maximum Gasteiger partial charge on any atom is 0.242 e. The molecule has 156 valence electrons. The topological polar surface area (TPSA) is 49.4 Å². The Labute approximate surface area is 183 Å². The SMILES string of the molecule is Cc1cccc(CN(C(=O)Cc2ccc(Cl)cc2Cl)C(C)C(=O)NC(C)(C)C)c1. The maximum atomic E-state index is 13.2. The summed E-state index contributed by atoms with van der Waals surface area (Å²) in [5, 5.41) is 3.91. The van der Waals surface area contributed by atoms with Crippen molar-refractivity contribution in [2.75, 3.05) is 0 Å². The third-order valence-corrected chi connectivity index (χ3v) is 5.04. The van der Waals surface area contributed by atoms with Gasteiger partial charge in [0.05, 0.1) is 6.42 Å². The van der Waals surface area contributed by atoms with Crippen LogP contribution < -0.4 is 5.32 Å². The number of carbonyl (C=O) groups is 2. The van der Waals surface area contributed by atoms with E-state index in [1.807, 2.05) is 52.0 Å². The number of hydrogen-bond donors (Lipinski definition) is 1. The Morgan fingerprint density at radius 1 is 1.10 bits per heavy atom. The molecule has 1 unspecified atom stereocenters. The minimum absolute atomic E-state index is 0.0922. The number of nitrogens with zero attached hydrogens (tertiary/aromatic N) is 1. The predicted molar refractivity (Wildman–Crippen MR) is 119 cm³/mol. The highest BCUT2D eigenvalue weighted by molar-refractivity contribution is 6.35. The number of carbonyl (C=O) groups excluding carboxylic acids is 2. The van der Waals surface area contributed by atoms with Gasteiger partial charge >= 0.3 is 0 Å². The van der Waals surface area contributed by atoms with Gasteiger partial charge in [-0.25, -0.2) is 0 Å². The molecule has 0 fully saturated rings. The lowest BCUT2D eigenvalue weighted by molar-refractivity contribution is -0.140. The summed E-state index contributed by atoms with van der Waals surface area (Å²) in [6.45, 7) is 9.83. The van der Waals surface area contributed by atoms with E-state index in [1.165, 1.54) is 0 Å². The Morgan fingerprint density at radius 3 is 2.38 bits per heavy atom. The molecule has 2 aromatic carbocycles. The molecule has 0 saturated heterocycles. The molecular formula is C23H28Cl2N2O2. The highest BCUT2D eigenvalue weighted by atomic mass is 35.5. The van der Waals surface area contributed by atoms with E-state index < -0.39 is 6.04 Å². The fourth-order valence-corrected chi connectivity index (χ4v) is 3.47. The molecular weight excluding hydrogens is 407 g/mol. The lowest BCUT2D eigenvalue weighted by Crippen LogP contribution is -2.52. The first kappa shape index (κ1) is 23.2. The van der Waals surface area contributed by atoms with Gasteiger partial charge in [0, 0.05) is 22.1 Å². The number of halogens is 2. The normalized spacial score (nSPS) is 12.4. The quantitative estimate of drug-likeness (QED) is 0.680. The van der Waals surface area contributed by atoms with Crippen LogP contribution in [0.5, 0.6) is 0 Å². The number of hydrogen-bond acceptors (Lipinski definition) is 2. The Morgan fingerprint density at radius 2 is 1.79 bits per heavy atom. The second-order valence-corrected chi connectivity index (χ2v) is 9.18. The number of amides is 2. The summed E-state index contributed by atoms with van der Waals surface area (Å²) < 4.78 is 0. The summed E-state index contributed by atoms with van der Waals surface area (Å²) in [5.74, 6) is -0.368. The van der Waals surface area contributed by atoms with E-state index in [2.05, 4.69) is 5.32 Å². The van der Waals surface area contributed by atoms with Crippen LogP contribution in [-0.4, -0.2) is 28.3 Å². The van der Waals surface area contributed by atoms with Crippen molar-refractivity contribution in [1.82, 2.24) is 10.2 Å². The summed E-state index contributed by atoms with van der Waals surface area (Å²) in [4.78, 5) is 27.6. The van der Waals surface area contributed by atoms with Gasteiger partial charge in [-0.1, -0.05) is 59.1 Å². The van der Waals surface area contributed by atoms with Gasteiger partial charge in [-0.3, -0.25) is 9.59 Å². The summed E-state index contributed by atoms with van der Waals surface area (Å²) in [5.41, 5.74) is 2.36. The maximum absolute atomic E-state index is 13.2. The van der Waals surface area contributed by atoms with Crippen LogP contribution in [0.25, 0.3) is 0 Å². The molecule has 29 heavy (non-hydrogen) atoms. The highest BCUT2D eigenvalue weighted by Crippen LogP contribution is 2.23. The van der Waals surface area contributed by atoms with Crippen LogP contribution in [0.15, 0.2) is 42.5 Å². The van der Waals surface area contributed by atoms with E-state index >= 15 is 0 Å². The van der Waals surface area contributed by atoms with Crippen molar-refractivity contribution in [2.45, 2.75) is 59.2 Å². The number of aryl methyl sites for hydroxylation is 1. The monoisotopic (exact) mass is 434 g/mol. The molecule has 0 aliphatic rings. The van der Waals surface area contributed by atoms with Crippen LogP contribution in [0.1, 0.15) is 44.4 Å². The zero-order chi connectivity index (χ0) is 21.8. The first-order chi connectivity index (χ1) is 13.5. The molecule has 0 heterocycles. The fourth-order valence-electron chi connectivity index (χ4n) is 2.99. The van der Waals surface area contributed by atoms with Crippen molar-refractivity contribution >= 4 is 35.0 Å². The van der Waals surface area contributed by atoms with Crippen molar-refractivity contribution in [3.8, 4) is 0 Å². The summed E-state index contributed by atoms with van der Waals surface area (Å²) in [6, 6.07) is 12.4. The van der Waals surface area contributed by atoms with Gasteiger partial charge in [0.25, 0.3) is 0 Å². The Hall–Kier alpha value is -2.04. The zero-order valence-electron chi connectivity index (χ0n) is 17.6. The molecule has 1 N–H and O–H groups in total. The molecule has 0 aliphatic carbocycles. The minimum atomic E-state index is -0.631. The van der Waals surface area contributed by atoms with E-state index in [-0.39, 0.29) is 23.8 Å². The van der Waals surface area contributed by atoms with E-state index in [4.69, 9.17) is 23.2 Å². The average Bonchev–Trinajstić information content (AvgIpc) is 2.60. The van der Waals surface area contributed by atoms with E-state index in [0.29, 0.717) is 22.2 Å². The van der Waals surface area contributed by atoms with E-state index in [9.17, 15) is 9.59 Å². The molecule has 0 saturated carbocycles. The minimum Gasteiger partial charge on any atom is -0.350 e. The van der Waals surface area contributed by atoms with Gasteiger partial charge in [-0.15, -0.1) is 0 Å². The first-order valence-electron chi connectivity index (χ1n) is 9.57. The average molecular weight is 435 g/mol. The third kappa shape index (κ3) is 7.06. The lowest BCUT2D eigenvalue weighted by Gasteiger charge is -2.31. The van der Waals surface area contributed by atoms with Gasteiger partial charge in [0.2, 0.25) is 11.8 Å². The number of nitrogens with one attached hydrogen (secondary N) is 1. The van der Waals surface area contributed by atoms with Crippen LogP contribution in [-0.2, 0) is 22.6 Å². The zero-order valence-corrected chi connectivity index (χ0v) is 19.1. The molecule has 0 bridgehead atoms. The third-order valence-electron chi connectivity index (χ3n) is 4.46. The van der Waals surface area contributed by atoms with Crippen LogP contribution in [0, 0.1) is 6.92 Å². The Kier molecular flexibility index (Phi) is 7.73. The summed E-state index contributed by atoms with van der Waals surface area (Å²) >= 11 is 12.2. The molecule has 2 rings (SSSR count). The molecule has 0 aromatic heterocycles. The van der Waals surface area contributed by atoms with Crippen LogP contribution in [0.2, 0.25) is 10.0 Å². The van der Waals surface area contributed by atoms with Crippen LogP contribution in [0.4, 0.5) is 0 Å². The molecule has 0 aliphatic heterocycles. The molecule has 2 amide bonds. The van der Waals surface area contributed by atoms with Gasteiger partial charge in [-0.2, -0.15) is 0 Å². The van der Waals surface area contributed by atoms with Crippen molar-refractivity contribution < 1.29 is 9.59 Å². The summed E-state index contributed by atoms with van der Waals surface area (Å²) in [7, 11) is 0. The van der Waals surface area contributed by atoms with Gasteiger partial charge in [-0.05, 0) is 57.9 Å². The number of benzene rings is 2. The van der Waals surface area contributed by atoms with Crippen molar-refractivity contribution in [2.24, 2.45) is 0 Å². The van der Waals surface area contributed by atoms with Crippen LogP contribution in [0.3, 0.4) is 0 Å². The smallest absolute Gasteiger partial charge is 0.242 e. The number of rotatable bonds is 6. The van der Waals surface area contributed by atoms with Gasteiger partial charge < -0.3 is 10.2 Å². The molecule has 4 nitrogen and oxygen atoms in total. The largest absolute Gasteiger partial charge is 0.350 e. The Bertz CT molecular complexity index is 891. The molecule has 6 heteroatoms. The van der Waals surface area contributed by atoms with Gasteiger partial charge in [0.15, 0.2) is 0 Å². The lowest BCUT2D eigenvalue weighted by atomic mass is 10.1. The molecule has 2 aromatic rings.